The van der Waals surface area contributed by atoms with Crippen molar-refractivity contribution >= 4 is 35.8 Å². The van der Waals surface area contributed by atoms with E-state index in [2.05, 4.69) is 6.07 Å². The van der Waals surface area contributed by atoms with Crippen molar-refractivity contribution in [2.45, 2.75) is 19.5 Å². The van der Waals surface area contributed by atoms with E-state index in [0.717, 1.165) is 33.4 Å². The molecule has 0 spiro atoms. The maximum Gasteiger partial charge on any atom is 0.322 e. The van der Waals surface area contributed by atoms with Gasteiger partial charge in [-0.25, -0.2) is 4.79 Å². The molecule has 0 saturated carbocycles. The zero-order chi connectivity index (χ0) is 26.5. The predicted octanol–water partition coefficient (Wildman–Crippen LogP) is 5.01. The fourth-order valence-electron chi connectivity index (χ4n) is 4.58. The summed E-state index contributed by atoms with van der Waals surface area (Å²) >= 11 is 6.63. The molecule has 1 saturated heterocycles. The second-order valence-corrected chi connectivity index (χ2v) is 9.40. The Hall–Kier alpha value is -4.12. The number of hydrogen-bond donors (Lipinski definition) is 2. The van der Waals surface area contributed by atoms with Gasteiger partial charge >= 0.3 is 12.0 Å². The fourth-order valence-corrected chi connectivity index (χ4v) is 4.83. The topological polar surface area (TPSA) is 111 Å². The minimum Gasteiger partial charge on any atom is -0.480 e. The molecule has 1 heterocycles. The highest BCUT2D eigenvalue weighted by atomic mass is 35.5. The molecular formula is C29H27ClN4O3. The van der Waals surface area contributed by atoms with E-state index in [1.165, 1.54) is 4.90 Å². The second kappa shape index (κ2) is 11.3. The standard InChI is InChI=1S/C29H27ClN4O3/c1-19-14-22(11-10-21-8-5-9-24(25(21)16-31)20-6-3-2-4-7-20)26(30)15-23(19)17-33-12-13-34(29(32)37)18-27(33)28(35)36/h2-11,14-15,27H,12-13,17-18H2,1H3,(H2,32,37)(H,35,36)/b11-10+. The Morgan fingerprint density at radius 1 is 1.11 bits per heavy atom. The minimum atomic E-state index is -1.000. The van der Waals surface area contributed by atoms with Crippen molar-refractivity contribution in [3.05, 3.63) is 93.5 Å². The number of carbonyl (C=O) groups excluding carboxylic acids is 1. The number of rotatable bonds is 6. The highest BCUT2D eigenvalue weighted by Crippen LogP contribution is 2.29. The molecule has 0 bridgehead atoms. The van der Waals surface area contributed by atoms with Crippen LogP contribution in [0.4, 0.5) is 4.79 Å². The molecule has 0 radical (unpaired) electrons. The number of aryl methyl sites for hydroxylation is 1. The number of aliphatic carboxylic acids is 1. The van der Waals surface area contributed by atoms with Crippen molar-refractivity contribution < 1.29 is 14.7 Å². The molecule has 188 valence electrons. The largest absolute Gasteiger partial charge is 0.480 e. The first kappa shape index (κ1) is 26.0. The van der Waals surface area contributed by atoms with Crippen molar-refractivity contribution in [3.63, 3.8) is 0 Å². The molecule has 1 aliphatic heterocycles. The zero-order valence-corrected chi connectivity index (χ0v) is 21.2. The molecule has 4 rings (SSSR count). The molecule has 3 aromatic rings. The monoisotopic (exact) mass is 514 g/mol. The van der Waals surface area contributed by atoms with Gasteiger partial charge in [0.15, 0.2) is 0 Å². The van der Waals surface area contributed by atoms with Gasteiger partial charge in [0.25, 0.3) is 0 Å². The van der Waals surface area contributed by atoms with E-state index < -0.39 is 18.0 Å². The van der Waals surface area contributed by atoms with Gasteiger partial charge in [-0.3, -0.25) is 9.69 Å². The van der Waals surface area contributed by atoms with Crippen LogP contribution in [0, 0.1) is 18.3 Å². The van der Waals surface area contributed by atoms with Crippen LogP contribution in [0.2, 0.25) is 5.02 Å². The zero-order valence-electron chi connectivity index (χ0n) is 20.4. The Bertz CT molecular complexity index is 1400. The number of primary amides is 1. The number of amides is 2. The number of nitrogens with two attached hydrogens (primary N) is 1. The molecule has 7 nitrogen and oxygen atoms in total. The first-order chi connectivity index (χ1) is 17.8. The van der Waals surface area contributed by atoms with Crippen LogP contribution in [-0.4, -0.2) is 52.6 Å². The highest BCUT2D eigenvalue weighted by Gasteiger charge is 2.33. The van der Waals surface area contributed by atoms with E-state index in [1.54, 1.807) is 0 Å². The van der Waals surface area contributed by atoms with E-state index in [4.69, 9.17) is 17.3 Å². The Labute approximate surface area is 221 Å². The Balaban J connectivity index is 1.57. The normalized spacial score (nSPS) is 16.0. The predicted molar refractivity (Wildman–Crippen MR) is 145 cm³/mol. The van der Waals surface area contributed by atoms with Crippen LogP contribution in [0.3, 0.4) is 0 Å². The van der Waals surface area contributed by atoms with Gasteiger partial charge in [-0.2, -0.15) is 5.26 Å². The summed E-state index contributed by atoms with van der Waals surface area (Å²) in [6.07, 6.45) is 3.77. The Kier molecular flexibility index (Phi) is 7.92. The summed E-state index contributed by atoms with van der Waals surface area (Å²) < 4.78 is 0. The number of urea groups is 1. The summed E-state index contributed by atoms with van der Waals surface area (Å²) in [6.45, 7) is 3.15. The molecular weight excluding hydrogens is 488 g/mol. The van der Waals surface area contributed by atoms with Gasteiger partial charge in [-0.05, 0) is 40.8 Å². The summed E-state index contributed by atoms with van der Waals surface area (Å²) in [7, 11) is 0. The SMILES string of the molecule is Cc1cc(/C=C/c2cccc(-c3ccccc3)c2C#N)c(Cl)cc1CN1CCN(C(N)=O)CC1C(=O)O. The molecule has 0 aromatic heterocycles. The third-order valence-corrected chi connectivity index (χ3v) is 6.98. The molecule has 2 amide bonds. The van der Waals surface area contributed by atoms with Crippen molar-refractivity contribution in [1.82, 2.24) is 9.80 Å². The Morgan fingerprint density at radius 3 is 2.51 bits per heavy atom. The fraction of sp³-hybridized carbons (Fsp3) is 0.207. The molecule has 1 aliphatic rings. The lowest BCUT2D eigenvalue weighted by molar-refractivity contribution is -0.145. The summed E-state index contributed by atoms with van der Waals surface area (Å²) in [5, 5.41) is 20.1. The van der Waals surface area contributed by atoms with Crippen molar-refractivity contribution in [2.24, 2.45) is 5.73 Å². The quantitative estimate of drug-likeness (QED) is 0.449. The molecule has 1 atom stereocenters. The maximum absolute atomic E-state index is 11.8. The van der Waals surface area contributed by atoms with E-state index in [1.807, 2.05) is 84.6 Å². The smallest absolute Gasteiger partial charge is 0.322 e. The number of carboxylic acids is 1. The van der Waals surface area contributed by atoms with Gasteiger partial charge in [-0.1, -0.05) is 78.4 Å². The number of carbonyl (C=O) groups is 2. The highest BCUT2D eigenvalue weighted by molar-refractivity contribution is 6.32. The van der Waals surface area contributed by atoms with Gasteiger partial charge in [0.05, 0.1) is 5.56 Å². The van der Waals surface area contributed by atoms with E-state index in [0.29, 0.717) is 30.2 Å². The van der Waals surface area contributed by atoms with Gasteiger partial charge in [0.2, 0.25) is 0 Å². The molecule has 37 heavy (non-hydrogen) atoms. The third-order valence-electron chi connectivity index (χ3n) is 6.65. The number of benzene rings is 3. The molecule has 8 heteroatoms. The van der Waals surface area contributed by atoms with Crippen molar-refractivity contribution in [1.29, 1.82) is 5.26 Å². The number of nitriles is 1. The van der Waals surface area contributed by atoms with Crippen LogP contribution in [0.1, 0.15) is 27.8 Å². The Morgan fingerprint density at radius 2 is 1.84 bits per heavy atom. The van der Waals surface area contributed by atoms with Crippen molar-refractivity contribution in [3.8, 4) is 17.2 Å². The average molecular weight is 515 g/mol. The lowest BCUT2D eigenvalue weighted by atomic mass is 9.95. The number of piperazine rings is 1. The summed E-state index contributed by atoms with van der Waals surface area (Å²) in [4.78, 5) is 26.5. The van der Waals surface area contributed by atoms with Gasteiger partial charge in [0, 0.05) is 36.8 Å². The lowest BCUT2D eigenvalue weighted by Crippen LogP contribution is -2.58. The molecule has 3 aromatic carbocycles. The summed E-state index contributed by atoms with van der Waals surface area (Å²) in [5.41, 5.74) is 11.2. The van der Waals surface area contributed by atoms with Crippen LogP contribution < -0.4 is 5.73 Å². The molecule has 3 N–H and O–H groups in total. The van der Waals surface area contributed by atoms with Gasteiger partial charge in [0.1, 0.15) is 12.1 Å². The number of carboxylic acid groups (broad SMARTS) is 1. The first-order valence-corrected chi connectivity index (χ1v) is 12.2. The number of halogens is 1. The summed E-state index contributed by atoms with van der Waals surface area (Å²) in [5.74, 6) is -1.000. The van der Waals surface area contributed by atoms with Gasteiger partial charge in [-0.15, -0.1) is 0 Å². The number of nitrogens with zero attached hydrogens (tertiary/aromatic N) is 3. The first-order valence-electron chi connectivity index (χ1n) is 11.9. The van der Waals surface area contributed by atoms with Crippen LogP contribution >= 0.6 is 11.6 Å². The van der Waals surface area contributed by atoms with Crippen LogP contribution in [0.5, 0.6) is 0 Å². The van der Waals surface area contributed by atoms with E-state index in [-0.39, 0.29) is 6.54 Å². The third kappa shape index (κ3) is 5.83. The van der Waals surface area contributed by atoms with Crippen LogP contribution in [-0.2, 0) is 11.3 Å². The van der Waals surface area contributed by atoms with Crippen LogP contribution in [0.15, 0.2) is 60.7 Å². The molecule has 1 fully saturated rings. The molecule has 0 aliphatic carbocycles. The van der Waals surface area contributed by atoms with E-state index >= 15 is 0 Å². The average Bonchev–Trinajstić information content (AvgIpc) is 2.89. The number of hydrogen-bond acceptors (Lipinski definition) is 4. The second-order valence-electron chi connectivity index (χ2n) is 8.99. The lowest BCUT2D eigenvalue weighted by Gasteiger charge is -2.38. The van der Waals surface area contributed by atoms with Crippen LogP contribution in [0.25, 0.3) is 23.3 Å². The summed E-state index contributed by atoms with van der Waals surface area (Å²) in [6, 6.07) is 20.2. The van der Waals surface area contributed by atoms with Gasteiger partial charge < -0.3 is 15.7 Å². The van der Waals surface area contributed by atoms with E-state index in [9.17, 15) is 20.0 Å². The molecule has 1 unspecified atom stereocenters. The van der Waals surface area contributed by atoms with Crippen molar-refractivity contribution in [2.75, 3.05) is 19.6 Å². The minimum absolute atomic E-state index is 0.0432. The maximum atomic E-state index is 11.8.